The maximum atomic E-state index is 13.1. The van der Waals surface area contributed by atoms with E-state index < -0.39 is 16.6 Å². The van der Waals surface area contributed by atoms with Crippen LogP contribution in [0.5, 0.6) is 0 Å². The Hall–Kier alpha value is -1.66. The van der Waals surface area contributed by atoms with Crippen LogP contribution in [0.15, 0.2) is 42.5 Å². The Bertz CT molecular complexity index is 854. The SMILES string of the molecule is O=C1c2ccc(Cl)cc2C2(c3cccc(C(F)(F)F)c3)SCCN12. The van der Waals surface area contributed by atoms with Gasteiger partial charge in [-0.05, 0) is 35.9 Å². The molecule has 2 heterocycles. The van der Waals surface area contributed by atoms with Crippen molar-refractivity contribution in [3.63, 3.8) is 0 Å². The smallest absolute Gasteiger partial charge is 0.315 e. The maximum absolute atomic E-state index is 13.1. The van der Waals surface area contributed by atoms with Gasteiger partial charge in [-0.15, -0.1) is 11.8 Å². The molecule has 1 fully saturated rings. The predicted octanol–water partition coefficient (Wildman–Crippen LogP) is 4.76. The van der Waals surface area contributed by atoms with E-state index in [2.05, 4.69) is 0 Å². The van der Waals surface area contributed by atoms with Gasteiger partial charge in [-0.1, -0.05) is 23.7 Å². The van der Waals surface area contributed by atoms with Gasteiger partial charge in [-0.3, -0.25) is 4.79 Å². The minimum atomic E-state index is -4.43. The molecule has 24 heavy (non-hydrogen) atoms. The third-order valence-electron chi connectivity index (χ3n) is 4.41. The van der Waals surface area contributed by atoms with Crippen LogP contribution in [-0.2, 0) is 11.0 Å². The summed E-state index contributed by atoms with van der Waals surface area (Å²) in [6.07, 6.45) is -4.43. The quantitative estimate of drug-likeness (QED) is 0.722. The van der Waals surface area contributed by atoms with Crippen molar-refractivity contribution in [2.75, 3.05) is 12.3 Å². The Morgan fingerprint density at radius 2 is 1.96 bits per heavy atom. The molecule has 1 amide bonds. The lowest BCUT2D eigenvalue weighted by atomic mass is 9.95. The number of hydrogen-bond donors (Lipinski definition) is 0. The number of nitrogens with zero attached hydrogens (tertiary/aromatic N) is 1. The van der Waals surface area contributed by atoms with Crippen molar-refractivity contribution in [3.05, 3.63) is 69.7 Å². The lowest BCUT2D eigenvalue weighted by Crippen LogP contribution is -2.37. The Morgan fingerprint density at radius 3 is 2.71 bits per heavy atom. The highest BCUT2D eigenvalue weighted by atomic mass is 35.5. The molecule has 0 N–H and O–H groups in total. The van der Waals surface area contributed by atoms with E-state index in [0.717, 1.165) is 12.1 Å². The number of thioether (sulfide) groups is 1. The van der Waals surface area contributed by atoms with Gasteiger partial charge >= 0.3 is 6.18 Å². The number of benzene rings is 2. The molecule has 2 nitrogen and oxygen atoms in total. The van der Waals surface area contributed by atoms with Crippen LogP contribution in [0.25, 0.3) is 0 Å². The molecule has 0 saturated carbocycles. The molecule has 7 heteroatoms. The predicted molar refractivity (Wildman–Crippen MR) is 87.2 cm³/mol. The zero-order valence-electron chi connectivity index (χ0n) is 12.2. The molecule has 0 aliphatic carbocycles. The van der Waals surface area contributed by atoms with Crippen molar-refractivity contribution in [1.29, 1.82) is 0 Å². The molecule has 1 saturated heterocycles. The summed E-state index contributed by atoms with van der Waals surface area (Å²) in [6.45, 7) is 0.492. The Balaban J connectivity index is 1.97. The molecule has 0 radical (unpaired) electrons. The molecule has 0 spiro atoms. The summed E-state index contributed by atoms with van der Waals surface area (Å²) in [5.41, 5.74) is 0.907. The molecule has 2 aromatic rings. The molecule has 2 aliphatic rings. The van der Waals surface area contributed by atoms with Gasteiger partial charge < -0.3 is 4.90 Å². The Labute approximate surface area is 145 Å². The molecule has 1 atom stereocenters. The first kappa shape index (κ1) is 15.8. The second-order valence-electron chi connectivity index (χ2n) is 5.72. The van der Waals surface area contributed by atoms with Crippen molar-refractivity contribution in [1.82, 2.24) is 4.90 Å². The maximum Gasteiger partial charge on any atom is 0.416 e. The van der Waals surface area contributed by atoms with Crippen LogP contribution in [0, 0.1) is 0 Å². The normalized spacial score (nSPS) is 22.7. The van der Waals surface area contributed by atoms with E-state index in [4.69, 9.17) is 11.6 Å². The lowest BCUT2D eigenvalue weighted by molar-refractivity contribution is -0.137. The standard InChI is InChI=1S/C17H11ClF3NOS/c18-12-4-5-13-14(9-12)16(22(15(13)23)6-7-24-16)10-2-1-3-11(8-10)17(19,20)21/h1-5,8-9H,6-7H2. The molecule has 0 bridgehead atoms. The van der Waals surface area contributed by atoms with Gasteiger partial charge in [0.05, 0.1) is 5.56 Å². The Morgan fingerprint density at radius 1 is 1.17 bits per heavy atom. The summed E-state index contributed by atoms with van der Waals surface area (Å²) in [5, 5.41) is 0.460. The average molecular weight is 370 g/mol. The van der Waals surface area contributed by atoms with Crippen molar-refractivity contribution in [3.8, 4) is 0 Å². The first-order chi connectivity index (χ1) is 11.3. The summed E-state index contributed by atoms with van der Waals surface area (Å²) in [7, 11) is 0. The summed E-state index contributed by atoms with van der Waals surface area (Å²) in [4.78, 5) is 13.4. The zero-order valence-corrected chi connectivity index (χ0v) is 13.8. The van der Waals surface area contributed by atoms with E-state index >= 15 is 0 Å². The average Bonchev–Trinajstić information content (AvgIpc) is 3.07. The number of amides is 1. The summed E-state index contributed by atoms with van der Waals surface area (Å²) in [5.74, 6) is 0.498. The van der Waals surface area contributed by atoms with Crippen molar-refractivity contribution in [2.24, 2.45) is 0 Å². The van der Waals surface area contributed by atoms with E-state index in [1.54, 1.807) is 29.2 Å². The fraction of sp³-hybridized carbons (Fsp3) is 0.235. The lowest BCUT2D eigenvalue weighted by Gasteiger charge is -2.33. The number of rotatable bonds is 1. The minimum Gasteiger partial charge on any atom is -0.315 e. The first-order valence-corrected chi connectivity index (χ1v) is 8.64. The number of halogens is 4. The largest absolute Gasteiger partial charge is 0.416 e. The van der Waals surface area contributed by atoms with E-state index in [-0.39, 0.29) is 5.91 Å². The summed E-state index contributed by atoms with van der Waals surface area (Å²) < 4.78 is 39.4. The highest BCUT2D eigenvalue weighted by molar-refractivity contribution is 8.00. The van der Waals surface area contributed by atoms with Gasteiger partial charge in [0.25, 0.3) is 5.91 Å². The van der Waals surface area contributed by atoms with E-state index in [1.165, 1.54) is 17.8 Å². The molecule has 4 rings (SSSR count). The molecule has 2 aromatic carbocycles. The van der Waals surface area contributed by atoms with Gasteiger partial charge in [0.15, 0.2) is 0 Å². The number of fused-ring (bicyclic) bond motifs is 3. The topological polar surface area (TPSA) is 20.3 Å². The third kappa shape index (κ3) is 2.09. The van der Waals surface area contributed by atoms with Crippen LogP contribution in [0.2, 0.25) is 5.02 Å². The number of alkyl halides is 3. The summed E-state index contributed by atoms with van der Waals surface area (Å²) in [6, 6.07) is 10.2. The van der Waals surface area contributed by atoms with Gasteiger partial charge in [-0.25, -0.2) is 0 Å². The molecular formula is C17H11ClF3NOS. The van der Waals surface area contributed by atoms with Gasteiger partial charge in [0, 0.05) is 28.4 Å². The van der Waals surface area contributed by atoms with Crippen LogP contribution < -0.4 is 0 Å². The van der Waals surface area contributed by atoms with Crippen molar-refractivity contribution < 1.29 is 18.0 Å². The first-order valence-electron chi connectivity index (χ1n) is 7.28. The highest BCUT2D eigenvalue weighted by Gasteiger charge is 2.54. The molecule has 124 valence electrons. The van der Waals surface area contributed by atoms with Crippen LogP contribution >= 0.6 is 23.4 Å². The van der Waals surface area contributed by atoms with Gasteiger partial charge in [-0.2, -0.15) is 13.2 Å². The van der Waals surface area contributed by atoms with E-state index in [0.29, 0.717) is 34.0 Å². The minimum absolute atomic E-state index is 0.163. The Kier molecular flexibility index (Phi) is 3.41. The second kappa shape index (κ2) is 5.17. The number of hydrogen-bond acceptors (Lipinski definition) is 2. The van der Waals surface area contributed by atoms with Crippen LogP contribution in [-0.4, -0.2) is 23.1 Å². The van der Waals surface area contributed by atoms with Crippen LogP contribution in [0.3, 0.4) is 0 Å². The third-order valence-corrected chi connectivity index (χ3v) is 6.12. The number of carbonyl (C=O) groups is 1. The van der Waals surface area contributed by atoms with E-state index in [1.807, 2.05) is 0 Å². The van der Waals surface area contributed by atoms with Crippen molar-refractivity contribution >= 4 is 29.3 Å². The van der Waals surface area contributed by atoms with Gasteiger partial charge in [0.2, 0.25) is 0 Å². The zero-order chi connectivity index (χ0) is 17.1. The number of carbonyl (C=O) groups excluding carboxylic acids is 1. The summed E-state index contributed by atoms with van der Waals surface area (Å²) >= 11 is 7.56. The fourth-order valence-corrected chi connectivity index (χ4v) is 5.11. The molecule has 1 unspecified atom stereocenters. The van der Waals surface area contributed by atoms with Crippen LogP contribution in [0.1, 0.15) is 27.0 Å². The van der Waals surface area contributed by atoms with Crippen LogP contribution in [0.4, 0.5) is 13.2 Å². The monoisotopic (exact) mass is 369 g/mol. The molecular weight excluding hydrogens is 359 g/mol. The van der Waals surface area contributed by atoms with Gasteiger partial charge in [0.1, 0.15) is 4.87 Å². The molecule has 2 aliphatic heterocycles. The highest BCUT2D eigenvalue weighted by Crippen LogP contribution is 2.56. The van der Waals surface area contributed by atoms with E-state index in [9.17, 15) is 18.0 Å². The van der Waals surface area contributed by atoms with Crippen molar-refractivity contribution in [2.45, 2.75) is 11.0 Å². The fourth-order valence-electron chi connectivity index (χ4n) is 3.42. The second-order valence-corrected chi connectivity index (χ2v) is 7.44. The molecule has 0 aromatic heterocycles.